The molecule has 0 spiro atoms. The predicted molar refractivity (Wildman–Crippen MR) is 125 cm³/mol. The van der Waals surface area contributed by atoms with Gasteiger partial charge in [-0.15, -0.1) is 0 Å². The molecule has 7 nitrogen and oxygen atoms in total. The summed E-state index contributed by atoms with van der Waals surface area (Å²) in [5, 5.41) is 14.5. The molecule has 1 fully saturated rings. The van der Waals surface area contributed by atoms with Crippen molar-refractivity contribution in [1.29, 1.82) is 0 Å². The average molecular weight is 460 g/mol. The van der Waals surface area contributed by atoms with Gasteiger partial charge in [0.1, 0.15) is 17.0 Å². The van der Waals surface area contributed by atoms with Crippen LogP contribution in [-0.4, -0.2) is 39.6 Å². The number of carbonyl (C=O) groups excluding carboxylic acids is 2. The molecule has 1 aromatic carbocycles. The van der Waals surface area contributed by atoms with Crippen molar-refractivity contribution < 1.29 is 29.0 Å². The largest absolute Gasteiger partial charge is 0.508 e. The fraction of sp³-hybridized carbons (Fsp3) is 0.654. The van der Waals surface area contributed by atoms with Crippen LogP contribution in [0, 0.1) is 0 Å². The molecule has 0 amide bonds. The molecule has 0 saturated heterocycles. The van der Waals surface area contributed by atoms with Crippen molar-refractivity contribution in [2.24, 2.45) is 5.16 Å². The normalized spacial score (nSPS) is 21.8. The summed E-state index contributed by atoms with van der Waals surface area (Å²) in [5.41, 5.74) is -0.694. The van der Waals surface area contributed by atoms with Gasteiger partial charge in [-0.25, -0.2) is 4.79 Å². The first-order valence-corrected chi connectivity index (χ1v) is 11.8. The van der Waals surface area contributed by atoms with Gasteiger partial charge in [0.2, 0.25) is 5.60 Å². The minimum atomic E-state index is -1.61. The number of benzene rings is 1. The van der Waals surface area contributed by atoms with Gasteiger partial charge in [0.25, 0.3) is 0 Å². The van der Waals surface area contributed by atoms with E-state index in [1.165, 1.54) is 6.42 Å². The van der Waals surface area contributed by atoms with E-state index in [9.17, 15) is 14.7 Å². The molecule has 7 heteroatoms. The first kappa shape index (κ1) is 25.1. The third-order valence-electron chi connectivity index (χ3n) is 5.80. The highest BCUT2D eigenvalue weighted by atomic mass is 16.7. The maximum atomic E-state index is 13.2. The van der Waals surface area contributed by atoms with Crippen molar-refractivity contribution in [3.63, 3.8) is 0 Å². The molecule has 1 unspecified atom stereocenters. The first-order valence-electron chi connectivity index (χ1n) is 11.8. The average Bonchev–Trinajstić information content (AvgIpc) is 3.11. The van der Waals surface area contributed by atoms with Gasteiger partial charge in [-0.3, -0.25) is 4.79 Å². The van der Waals surface area contributed by atoms with E-state index in [1.807, 2.05) is 6.07 Å². The van der Waals surface area contributed by atoms with Crippen LogP contribution in [0.25, 0.3) is 0 Å². The Hall–Kier alpha value is -2.57. The number of nitrogens with zero attached hydrogens (tertiary/aromatic N) is 1. The number of hydrogen-bond acceptors (Lipinski definition) is 7. The van der Waals surface area contributed by atoms with Crippen molar-refractivity contribution in [3.8, 4) is 5.75 Å². The van der Waals surface area contributed by atoms with E-state index < -0.39 is 28.7 Å². The third kappa shape index (κ3) is 6.49. The SMILES string of the molecule is CC(C)(C)OC(=O)CC1(C(=O)OC(C)(C)C)CC(c2cc(O)ccc2C2CCCCC2)=NO1. The second-order valence-corrected chi connectivity index (χ2v) is 11.2. The van der Waals surface area contributed by atoms with Crippen molar-refractivity contribution in [1.82, 2.24) is 0 Å². The summed E-state index contributed by atoms with van der Waals surface area (Å²) in [6.45, 7) is 10.6. The smallest absolute Gasteiger partial charge is 0.354 e. The number of rotatable bonds is 5. The summed E-state index contributed by atoms with van der Waals surface area (Å²) in [6.07, 6.45) is 5.44. The molecular formula is C26H37NO6. The number of oxime groups is 1. The summed E-state index contributed by atoms with van der Waals surface area (Å²) < 4.78 is 11.1. The molecule has 1 aromatic rings. The monoisotopic (exact) mass is 459 g/mol. The van der Waals surface area contributed by atoms with Gasteiger partial charge in [0.05, 0.1) is 12.1 Å². The lowest BCUT2D eigenvalue weighted by atomic mass is 9.80. The number of phenolic OH excluding ortho intramolecular Hbond substituents is 1. The maximum absolute atomic E-state index is 13.2. The Balaban J connectivity index is 1.92. The second kappa shape index (κ2) is 9.35. The number of carbonyl (C=O) groups is 2. The van der Waals surface area contributed by atoms with Gasteiger partial charge in [0.15, 0.2) is 0 Å². The number of phenols is 1. The summed E-state index contributed by atoms with van der Waals surface area (Å²) in [5.74, 6) is -0.735. The van der Waals surface area contributed by atoms with E-state index in [0.717, 1.165) is 36.8 Å². The molecule has 0 radical (unpaired) electrons. The van der Waals surface area contributed by atoms with Gasteiger partial charge >= 0.3 is 11.9 Å². The van der Waals surface area contributed by atoms with Crippen molar-refractivity contribution in [3.05, 3.63) is 29.3 Å². The Morgan fingerprint density at radius 1 is 1.06 bits per heavy atom. The van der Waals surface area contributed by atoms with Gasteiger partial charge < -0.3 is 19.4 Å². The molecule has 1 aliphatic heterocycles. The molecule has 182 valence electrons. The molecule has 1 heterocycles. The Morgan fingerprint density at radius 3 is 2.30 bits per heavy atom. The highest BCUT2D eigenvalue weighted by Gasteiger charge is 2.52. The zero-order valence-corrected chi connectivity index (χ0v) is 20.7. The molecular weight excluding hydrogens is 422 g/mol. The molecule has 2 aliphatic rings. The van der Waals surface area contributed by atoms with Crippen LogP contribution >= 0.6 is 0 Å². The molecule has 1 N–H and O–H groups in total. The van der Waals surface area contributed by atoms with E-state index >= 15 is 0 Å². The molecule has 0 bridgehead atoms. The van der Waals surface area contributed by atoms with E-state index in [0.29, 0.717) is 11.6 Å². The lowest BCUT2D eigenvalue weighted by molar-refractivity contribution is -0.188. The Kier molecular flexibility index (Phi) is 7.10. The summed E-state index contributed by atoms with van der Waals surface area (Å²) in [6, 6.07) is 5.29. The van der Waals surface area contributed by atoms with Crippen molar-refractivity contribution in [2.75, 3.05) is 0 Å². The van der Waals surface area contributed by atoms with Gasteiger partial charge in [-0.05, 0) is 78.0 Å². The van der Waals surface area contributed by atoms with Gasteiger partial charge in [-0.2, -0.15) is 0 Å². The number of ether oxygens (including phenoxy) is 2. The van der Waals surface area contributed by atoms with Crippen LogP contribution in [0.3, 0.4) is 0 Å². The molecule has 0 aromatic heterocycles. The highest BCUT2D eigenvalue weighted by Crippen LogP contribution is 2.40. The minimum absolute atomic E-state index is 0.0599. The van der Waals surface area contributed by atoms with E-state index in [-0.39, 0.29) is 18.6 Å². The summed E-state index contributed by atoms with van der Waals surface area (Å²) in [7, 11) is 0. The Morgan fingerprint density at radius 2 is 1.70 bits per heavy atom. The summed E-state index contributed by atoms with van der Waals surface area (Å²) in [4.78, 5) is 31.7. The zero-order valence-electron chi connectivity index (χ0n) is 20.7. The number of aromatic hydroxyl groups is 1. The molecule has 33 heavy (non-hydrogen) atoms. The van der Waals surface area contributed by atoms with E-state index in [4.69, 9.17) is 14.3 Å². The minimum Gasteiger partial charge on any atom is -0.508 e. The topological polar surface area (TPSA) is 94.4 Å². The lowest BCUT2D eigenvalue weighted by Gasteiger charge is -2.30. The van der Waals surface area contributed by atoms with Crippen molar-refractivity contribution in [2.45, 2.75) is 109 Å². The van der Waals surface area contributed by atoms with Crippen LogP contribution in [-0.2, 0) is 23.9 Å². The zero-order chi connectivity index (χ0) is 24.4. The number of esters is 2. The van der Waals surface area contributed by atoms with Gasteiger partial charge in [0, 0.05) is 12.0 Å². The lowest BCUT2D eigenvalue weighted by Crippen LogP contribution is -2.46. The van der Waals surface area contributed by atoms with Crippen LogP contribution in [0.15, 0.2) is 23.4 Å². The second-order valence-electron chi connectivity index (χ2n) is 11.2. The fourth-order valence-corrected chi connectivity index (χ4v) is 4.44. The Bertz CT molecular complexity index is 918. The molecule has 3 rings (SSSR count). The van der Waals surface area contributed by atoms with Crippen LogP contribution in [0.5, 0.6) is 5.75 Å². The third-order valence-corrected chi connectivity index (χ3v) is 5.80. The Labute approximate surface area is 196 Å². The van der Waals surface area contributed by atoms with Crippen molar-refractivity contribution >= 4 is 17.7 Å². The van der Waals surface area contributed by atoms with E-state index in [1.54, 1.807) is 53.7 Å². The van der Waals surface area contributed by atoms with Gasteiger partial charge in [-0.1, -0.05) is 30.5 Å². The summed E-state index contributed by atoms with van der Waals surface area (Å²) >= 11 is 0. The van der Waals surface area contributed by atoms with Crippen LogP contribution in [0.4, 0.5) is 0 Å². The van der Waals surface area contributed by atoms with Crippen LogP contribution in [0.1, 0.15) is 104 Å². The highest BCUT2D eigenvalue weighted by molar-refractivity contribution is 6.07. The quantitative estimate of drug-likeness (QED) is 0.594. The molecule has 1 aliphatic carbocycles. The molecule has 1 saturated carbocycles. The molecule has 1 atom stereocenters. The van der Waals surface area contributed by atoms with E-state index in [2.05, 4.69) is 5.16 Å². The maximum Gasteiger partial charge on any atom is 0.354 e. The van der Waals surface area contributed by atoms with Crippen LogP contribution in [0.2, 0.25) is 0 Å². The first-order chi connectivity index (χ1) is 15.3. The standard InChI is InChI=1S/C26H37NO6/c1-24(2,3)31-22(29)16-26(23(30)32-25(4,5)6)15-21(27-33-26)20-14-18(28)12-13-19(20)17-10-8-7-9-11-17/h12-14,17,28H,7-11,15-16H2,1-6H3. The predicted octanol–water partition coefficient (Wildman–Crippen LogP) is 5.38. The number of hydrogen-bond donors (Lipinski definition) is 1. The fourth-order valence-electron chi connectivity index (χ4n) is 4.44. The van der Waals surface area contributed by atoms with Crippen LogP contribution < -0.4 is 0 Å².